The number of alkyl halides is 2. The molecule has 0 bridgehead atoms. The zero-order chi connectivity index (χ0) is 21.7. The van der Waals surface area contributed by atoms with Gasteiger partial charge in [-0.1, -0.05) is 17.7 Å². The van der Waals surface area contributed by atoms with Gasteiger partial charge in [-0.2, -0.15) is 0 Å². The van der Waals surface area contributed by atoms with Crippen molar-refractivity contribution in [1.29, 1.82) is 0 Å². The first-order valence-corrected chi connectivity index (χ1v) is 10.9. The molecule has 1 aromatic carbocycles. The molecular formula is C21H31ClF2N4O2. The van der Waals surface area contributed by atoms with E-state index in [4.69, 9.17) is 17.3 Å². The molecule has 168 valence electrons. The highest BCUT2D eigenvalue weighted by Gasteiger charge is 2.35. The van der Waals surface area contributed by atoms with Crippen molar-refractivity contribution in [3.8, 4) is 0 Å². The summed E-state index contributed by atoms with van der Waals surface area (Å²) in [6.07, 6.45) is 0.164. The molecule has 1 saturated carbocycles. The van der Waals surface area contributed by atoms with Gasteiger partial charge in [0.25, 0.3) is 0 Å². The van der Waals surface area contributed by atoms with Crippen LogP contribution in [0, 0.1) is 5.92 Å². The molecule has 1 amide bonds. The zero-order valence-electron chi connectivity index (χ0n) is 17.1. The van der Waals surface area contributed by atoms with Crippen LogP contribution in [0.25, 0.3) is 0 Å². The molecule has 1 saturated heterocycles. The fourth-order valence-corrected chi connectivity index (χ4v) is 4.34. The van der Waals surface area contributed by atoms with Gasteiger partial charge in [0.05, 0.1) is 17.3 Å². The van der Waals surface area contributed by atoms with E-state index >= 15 is 0 Å². The first kappa shape index (κ1) is 23.2. The van der Waals surface area contributed by atoms with E-state index in [0.717, 1.165) is 25.2 Å². The largest absolute Gasteiger partial charge is 0.398 e. The van der Waals surface area contributed by atoms with Crippen LogP contribution in [-0.2, 0) is 11.3 Å². The predicted octanol–water partition coefficient (Wildman–Crippen LogP) is 2.69. The van der Waals surface area contributed by atoms with Crippen LogP contribution in [0.2, 0.25) is 5.02 Å². The van der Waals surface area contributed by atoms with Crippen LogP contribution in [-0.4, -0.2) is 65.7 Å². The second-order valence-electron chi connectivity index (χ2n) is 8.44. The summed E-state index contributed by atoms with van der Waals surface area (Å²) in [7, 11) is 0. The number of benzene rings is 1. The van der Waals surface area contributed by atoms with Crippen LogP contribution in [0.1, 0.15) is 37.7 Å². The van der Waals surface area contributed by atoms with Crippen molar-refractivity contribution in [2.24, 2.45) is 5.92 Å². The van der Waals surface area contributed by atoms with Crippen molar-refractivity contribution in [2.45, 2.75) is 50.8 Å². The standard InChI is InChI=1S/C21H31ClF2N4O2/c22-17-11-16(1-2-18(17)25)14-27-7-9-28(10-8-27)20(30)13-26-19(29)12-15-3-5-21(23,24)6-4-15/h1-2,11,15,19,26,29H,3-10,12-14,25H2. The van der Waals surface area contributed by atoms with Crippen molar-refractivity contribution >= 4 is 23.2 Å². The third kappa shape index (κ3) is 6.77. The number of amides is 1. The highest BCUT2D eigenvalue weighted by molar-refractivity contribution is 6.33. The highest BCUT2D eigenvalue weighted by Crippen LogP contribution is 2.37. The van der Waals surface area contributed by atoms with Crippen molar-refractivity contribution in [3.05, 3.63) is 28.8 Å². The minimum Gasteiger partial charge on any atom is -0.398 e. The first-order chi connectivity index (χ1) is 14.2. The van der Waals surface area contributed by atoms with Gasteiger partial charge in [-0.25, -0.2) is 8.78 Å². The van der Waals surface area contributed by atoms with Crippen molar-refractivity contribution < 1.29 is 18.7 Å². The molecule has 1 aromatic rings. The molecule has 1 atom stereocenters. The highest BCUT2D eigenvalue weighted by atomic mass is 35.5. The van der Waals surface area contributed by atoms with E-state index in [9.17, 15) is 18.7 Å². The Labute approximate surface area is 181 Å². The Bertz CT molecular complexity index is 719. The third-order valence-electron chi connectivity index (χ3n) is 6.08. The number of nitrogens with zero attached hydrogens (tertiary/aromatic N) is 2. The van der Waals surface area contributed by atoms with Crippen LogP contribution in [0.15, 0.2) is 18.2 Å². The second kappa shape index (κ2) is 10.2. The van der Waals surface area contributed by atoms with Crippen LogP contribution in [0.3, 0.4) is 0 Å². The van der Waals surface area contributed by atoms with Crippen molar-refractivity contribution in [1.82, 2.24) is 15.1 Å². The number of nitrogens with two attached hydrogens (primary N) is 1. The third-order valence-corrected chi connectivity index (χ3v) is 6.41. The second-order valence-corrected chi connectivity index (χ2v) is 8.85. The van der Waals surface area contributed by atoms with Gasteiger partial charge in [0, 0.05) is 45.6 Å². The molecule has 1 heterocycles. The average molecular weight is 445 g/mol. The number of halogens is 3. The van der Waals surface area contributed by atoms with Gasteiger partial charge >= 0.3 is 0 Å². The smallest absolute Gasteiger partial charge is 0.248 e. The summed E-state index contributed by atoms with van der Waals surface area (Å²) in [6.45, 7) is 3.56. The monoisotopic (exact) mass is 444 g/mol. The summed E-state index contributed by atoms with van der Waals surface area (Å²) < 4.78 is 26.4. The average Bonchev–Trinajstić information content (AvgIpc) is 2.71. The minimum absolute atomic E-state index is 0.0532. The molecule has 30 heavy (non-hydrogen) atoms. The Hall–Kier alpha value is -1.48. The lowest BCUT2D eigenvalue weighted by Gasteiger charge is -2.35. The molecular weight excluding hydrogens is 414 g/mol. The molecule has 0 radical (unpaired) electrons. The van der Waals surface area contributed by atoms with E-state index in [1.165, 1.54) is 0 Å². The number of rotatable bonds is 7. The zero-order valence-corrected chi connectivity index (χ0v) is 17.9. The number of aliphatic hydroxyl groups is 1. The molecule has 4 N–H and O–H groups in total. The van der Waals surface area contributed by atoms with Gasteiger partial charge < -0.3 is 15.7 Å². The summed E-state index contributed by atoms with van der Waals surface area (Å²) in [6, 6.07) is 5.62. The Balaban J connectivity index is 1.34. The van der Waals surface area contributed by atoms with E-state index < -0.39 is 12.2 Å². The normalized spacial score (nSPS) is 21.5. The number of anilines is 1. The Morgan fingerprint density at radius 2 is 1.93 bits per heavy atom. The molecule has 3 rings (SSSR count). The maximum atomic E-state index is 13.2. The molecule has 9 heteroatoms. The van der Waals surface area contributed by atoms with Crippen LogP contribution < -0.4 is 11.1 Å². The number of aliphatic hydroxyl groups excluding tert-OH is 1. The van der Waals surface area contributed by atoms with E-state index in [1.54, 1.807) is 11.0 Å². The summed E-state index contributed by atoms with van der Waals surface area (Å²) in [5.41, 5.74) is 7.39. The molecule has 2 aliphatic rings. The number of hydrogen-bond donors (Lipinski definition) is 3. The molecule has 0 spiro atoms. The summed E-state index contributed by atoms with van der Waals surface area (Å²) in [4.78, 5) is 16.5. The maximum Gasteiger partial charge on any atom is 0.248 e. The first-order valence-electron chi connectivity index (χ1n) is 10.6. The predicted molar refractivity (Wildman–Crippen MR) is 113 cm³/mol. The summed E-state index contributed by atoms with van der Waals surface area (Å²) in [5.74, 6) is -2.54. The molecule has 0 aromatic heterocycles. The Kier molecular flexibility index (Phi) is 7.90. The van der Waals surface area contributed by atoms with E-state index in [2.05, 4.69) is 10.2 Å². The molecule has 2 fully saturated rings. The van der Waals surface area contributed by atoms with Gasteiger partial charge in [0.2, 0.25) is 11.8 Å². The lowest BCUT2D eigenvalue weighted by molar-refractivity contribution is -0.132. The fraction of sp³-hybridized carbons (Fsp3) is 0.667. The van der Waals surface area contributed by atoms with Crippen LogP contribution >= 0.6 is 11.6 Å². The SMILES string of the molecule is Nc1ccc(CN2CCN(C(=O)CNC(O)CC3CCC(F)(F)CC3)CC2)cc1Cl. The number of hydrogen-bond acceptors (Lipinski definition) is 5. The Morgan fingerprint density at radius 1 is 1.27 bits per heavy atom. The van der Waals surface area contributed by atoms with E-state index in [1.807, 2.05) is 12.1 Å². The topological polar surface area (TPSA) is 81.8 Å². The summed E-state index contributed by atoms with van der Waals surface area (Å²) in [5, 5.41) is 13.5. The van der Waals surface area contributed by atoms with Crippen molar-refractivity contribution in [2.75, 3.05) is 38.5 Å². The van der Waals surface area contributed by atoms with Gasteiger partial charge in [-0.05, 0) is 42.9 Å². The van der Waals surface area contributed by atoms with E-state index in [-0.39, 0.29) is 31.2 Å². The number of nitrogens with one attached hydrogen (secondary N) is 1. The molecule has 1 unspecified atom stereocenters. The Morgan fingerprint density at radius 3 is 2.57 bits per heavy atom. The van der Waals surface area contributed by atoms with Crippen molar-refractivity contribution in [3.63, 3.8) is 0 Å². The van der Waals surface area contributed by atoms with Gasteiger partial charge in [0.15, 0.2) is 0 Å². The summed E-state index contributed by atoms with van der Waals surface area (Å²) >= 11 is 6.07. The minimum atomic E-state index is -2.56. The van der Waals surface area contributed by atoms with Gasteiger partial charge in [-0.3, -0.25) is 15.0 Å². The molecule has 1 aliphatic heterocycles. The van der Waals surface area contributed by atoms with Crippen LogP contribution in [0.5, 0.6) is 0 Å². The fourth-order valence-electron chi connectivity index (χ4n) is 4.13. The van der Waals surface area contributed by atoms with E-state index in [0.29, 0.717) is 43.1 Å². The van der Waals surface area contributed by atoms with Gasteiger partial charge in [0.1, 0.15) is 6.23 Å². The van der Waals surface area contributed by atoms with Gasteiger partial charge in [-0.15, -0.1) is 0 Å². The number of carbonyl (C=O) groups excluding carboxylic acids is 1. The lowest BCUT2D eigenvalue weighted by Crippen LogP contribution is -2.51. The van der Waals surface area contributed by atoms with Crippen LogP contribution in [0.4, 0.5) is 14.5 Å². The lowest BCUT2D eigenvalue weighted by atomic mass is 9.84. The number of piperazine rings is 1. The number of nitrogen functional groups attached to an aromatic ring is 1. The molecule has 1 aliphatic carbocycles. The maximum absolute atomic E-state index is 13.2. The quantitative estimate of drug-likeness (QED) is 0.445. The molecule has 6 nitrogen and oxygen atoms in total. The number of carbonyl (C=O) groups is 1.